The molecular formula is C14H20ClN5. The van der Waals surface area contributed by atoms with Gasteiger partial charge in [-0.2, -0.15) is 5.10 Å². The monoisotopic (exact) mass is 293 g/mol. The van der Waals surface area contributed by atoms with Crippen LogP contribution in [0.1, 0.15) is 45.1 Å². The molecule has 0 atom stereocenters. The first kappa shape index (κ1) is 14.9. The van der Waals surface area contributed by atoms with Crippen LogP contribution in [0, 0.1) is 0 Å². The number of rotatable bonds is 5. The van der Waals surface area contributed by atoms with Gasteiger partial charge in [0.1, 0.15) is 11.5 Å². The van der Waals surface area contributed by atoms with Crippen LogP contribution in [0.4, 0.5) is 0 Å². The van der Waals surface area contributed by atoms with Gasteiger partial charge in [-0.3, -0.25) is 0 Å². The summed E-state index contributed by atoms with van der Waals surface area (Å²) in [6.07, 6.45) is 5.18. The zero-order valence-corrected chi connectivity index (χ0v) is 13.0. The minimum absolute atomic E-state index is 0.294. The van der Waals surface area contributed by atoms with E-state index in [1.807, 2.05) is 6.20 Å². The maximum absolute atomic E-state index is 5.93. The number of halogens is 1. The third kappa shape index (κ3) is 3.55. The van der Waals surface area contributed by atoms with E-state index in [0.717, 1.165) is 17.2 Å². The number of hydrogen-bond donors (Lipinski definition) is 1. The zero-order valence-electron chi connectivity index (χ0n) is 12.3. The standard InChI is InChI=1S/C14H20ClN5/c1-9(2)14-17-7-13(20-8-11(15)5-18-20)12(19-14)6-16-10(3)4/h5,7-10,16H,6H2,1-4H3. The summed E-state index contributed by atoms with van der Waals surface area (Å²) in [4.78, 5) is 9.06. The summed E-state index contributed by atoms with van der Waals surface area (Å²) in [5.74, 6) is 1.13. The van der Waals surface area contributed by atoms with Crippen LogP contribution in [0.15, 0.2) is 18.6 Å². The molecule has 2 aromatic rings. The lowest BCUT2D eigenvalue weighted by Gasteiger charge is -2.14. The topological polar surface area (TPSA) is 55.6 Å². The van der Waals surface area contributed by atoms with Crippen molar-refractivity contribution in [2.24, 2.45) is 0 Å². The largest absolute Gasteiger partial charge is 0.309 e. The Morgan fingerprint density at radius 3 is 2.55 bits per heavy atom. The van der Waals surface area contributed by atoms with Gasteiger partial charge in [0.25, 0.3) is 0 Å². The van der Waals surface area contributed by atoms with E-state index in [2.05, 4.69) is 48.1 Å². The first-order chi connectivity index (χ1) is 9.47. The molecule has 2 aromatic heterocycles. The fraction of sp³-hybridized carbons (Fsp3) is 0.500. The van der Waals surface area contributed by atoms with Crippen molar-refractivity contribution in [3.8, 4) is 5.69 Å². The maximum Gasteiger partial charge on any atom is 0.131 e. The van der Waals surface area contributed by atoms with E-state index in [1.165, 1.54) is 0 Å². The van der Waals surface area contributed by atoms with Gasteiger partial charge in [-0.05, 0) is 0 Å². The predicted octanol–water partition coefficient (Wildman–Crippen LogP) is 2.94. The molecule has 20 heavy (non-hydrogen) atoms. The van der Waals surface area contributed by atoms with Crippen LogP contribution in [0.5, 0.6) is 0 Å². The Labute approximate surface area is 124 Å². The molecule has 0 bridgehead atoms. The zero-order chi connectivity index (χ0) is 14.7. The predicted molar refractivity (Wildman–Crippen MR) is 80.2 cm³/mol. The smallest absolute Gasteiger partial charge is 0.131 e. The molecule has 0 fully saturated rings. The van der Waals surface area contributed by atoms with E-state index in [-0.39, 0.29) is 0 Å². The average Bonchev–Trinajstić information content (AvgIpc) is 2.82. The SMILES string of the molecule is CC(C)NCc1nc(C(C)C)ncc1-n1cc(Cl)cn1. The Morgan fingerprint density at radius 1 is 1.25 bits per heavy atom. The second kappa shape index (κ2) is 6.33. The fourth-order valence-corrected chi connectivity index (χ4v) is 1.90. The van der Waals surface area contributed by atoms with Gasteiger partial charge in [0.15, 0.2) is 0 Å². The van der Waals surface area contributed by atoms with Crippen molar-refractivity contribution in [2.45, 2.75) is 46.2 Å². The van der Waals surface area contributed by atoms with Crippen molar-refractivity contribution in [1.82, 2.24) is 25.1 Å². The first-order valence-electron chi connectivity index (χ1n) is 6.77. The molecule has 2 rings (SSSR count). The maximum atomic E-state index is 5.93. The molecule has 0 unspecified atom stereocenters. The molecule has 0 saturated heterocycles. The molecular weight excluding hydrogens is 274 g/mol. The van der Waals surface area contributed by atoms with Crippen molar-refractivity contribution in [3.63, 3.8) is 0 Å². The Balaban J connectivity index is 2.38. The number of nitrogens with one attached hydrogen (secondary N) is 1. The van der Waals surface area contributed by atoms with Gasteiger partial charge in [-0.25, -0.2) is 14.6 Å². The second-order valence-electron chi connectivity index (χ2n) is 5.35. The number of nitrogens with zero attached hydrogens (tertiary/aromatic N) is 4. The molecule has 1 N–H and O–H groups in total. The van der Waals surface area contributed by atoms with Crippen molar-refractivity contribution < 1.29 is 0 Å². The van der Waals surface area contributed by atoms with E-state index < -0.39 is 0 Å². The van der Waals surface area contributed by atoms with Crippen LogP contribution in [0.2, 0.25) is 5.02 Å². The average molecular weight is 294 g/mol. The summed E-state index contributed by atoms with van der Waals surface area (Å²) in [5.41, 5.74) is 1.78. The Morgan fingerprint density at radius 2 is 2.00 bits per heavy atom. The highest BCUT2D eigenvalue weighted by molar-refractivity contribution is 6.30. The van der Waals surface area contributed by atoms with Gasteiger partial charge in [-0.1, -0.05) is 39.3 Å². The lowest BCUT2D eigenvalue weighted by Crippen LogP contribution is -2.24. The quantitative estimate of drug-likeness (QED) is 0.921. The van der Waals surface area contributed by atoms with Crippen molar-refractivity contribution in [1.29, 1.82) is 0 Å². The van der Waals surface area contributed by atoms with E-state index in [4.69, 9.17) is 11.6 Å². The third-order valence-electron chi connectivity index (χ3n) is 2.86. The molecule has 0 aliphatic rings. The minimum Gasteiger partial charge on any atom is -0.309 e. The van der Waals surface area contributed by atoms with Crippen LogP contribution >= 0.6 is 11.6 Å². The Bertz CT molecular complexity index is 577. The van der Waals surface area contributed by atoms with Gasteiger partial charge in [0.2, 0.25) is 0 Å². The Kier molecular flexibility index (Phi) is 4.73. The van der Waals surface area contributed by atoms with Crippen molar-refractivity contribution >= 4 is 11.6 Å². The van der Waals surface area contributed by atoms with Crippen molar-refractivity contribution in [3.05, 3.63) is 35.1 Å². The fourth-order valence-electron chi connectivity index (χ4n) is 1.76. The van der Waals surface area contributed by atoms with E-state index in [1.54, 1.807) is 17.1 Å². The summed E-state index contributed by atoms with van der Waals surface area (Å²) in [5, 5.41) is 8.20. The van der Waals surface area contributed by atoms with E-state index >= 15 is 0 Å². The molecule has 2 heterocycles. The van der Waals surface area contributed by atoms with Crippen molar-refractivity contribution in [2.75, 3.05) is 0 Å². The highest BCUT2D eigenvalue weighted by atomic mass is 35.5. The highest BCUT2D eigenvalue weighted by Crippen LogP contribution is 2.17. The normalized spacial score (nSPS) is 11.6. The molecule has 0 saturated carbocycles. The summed E-state index contributed by atoms with van der Waals surface area (Å²) < 4.78 is 1.71. The second-order valence-corrected chi connectivity index (χ2v) is 5.79. The molecule has 0 amide bonds. The summed E-state index contributed by atoms with van der Waals surface area (Å²) in [6, 6.07) is 0.390. The number of hydrogen-bond acceptors (Lipinski definition) is 4. The number of aromatic nitrogens is 4. The van der Waals surface area contributed by atoms with Crippen LogP contribution in [-0.4, -0.2) is 25.8 Å². The lowest BCUT2D eigenvalue weighted by atomic mass is 10.2. The lowest BCUT2D eigenvalue weighted by molar-refractivity contribution is 0.573. The van der Waals surface area contributed by atoms with Gasteiger partial charge >= 0.3 is 0 Å². The van der Waals surface area contributed by atoms with Crippen LogP contribution in [-0.2, 0) is 6.54 Å². The van der Waals surface area contributed by atoms with E-state index in [0.29, 0.717) is 23.5 Å². The molecule has 108 valence electrons. The molecule has 5 nitrogen and oxygen atoms in total. The Hall–Kier alpha value is -1.46. The van der Waals surface area contributed by atoms with E-state index in [9.17, 15) is 0 Å². The molecule has 0 aliphatic carbocycles. The van der Waals surface area contributed by atoms with Crippen LogP contribution in [0.25, 0.3) is 5.69 Å². The van der Waals surface area contributed by atoms with Crippen LogP contribution < -0.4 is 5.32 Å². The van der Waals surface area contributed by atoms with Gasteiger partial charge in [0, 0.05) is 24.7 Å². The molecule has 0 aromatic carbocycles. The van der Waals surface area contributed by atoms with Crippen LogP contribution in [0.3, 0.4) is 0 Å². The first-order valence-corrected chi connectivity index (χ1v) is 7.15. The van der Waals surface area contributed by atoms with Gasteiger partial charge < -0.3 is 5.32 Å². The molecule has 0 radical (unpaired) electrons. The third-order valence-corrected chi connectivity index (χ3v) is 3.05. The van der Waals surface area contributed by atoms with Gasteiger partial charge in [0.05, 0.1) is 23.1 Å². The molecule has 6 heteroatoms. The van der Waals surface area contributed by atoms with Gasteiger partial charge in [-0.15, -0.1) is 0 Å². The summed E-state index contributed by atoms with van der Waals surface area (Å²) in [7, 11) is 0. The highest BCUT2D eigenvalue weighted by Gasteiger charge is 2.12. The molecule has 0 aliphatic heterocycles. The molecule has 0 spiro atoms. The summed E-state index contributed by atoms with van der Waals surface area (Å²) in [6.45, 7) is 9.05. The minimum atomic E-state index is 0.294. The summed E-state index contributed by atoms with van der Waals surface area (Å²) >= 11 is 5.93.